The minimum absolute atomic E-state index is 0.0838. The first-order valence-electron chi connectivity index (χ1n) is 11.0. The number of carbonyl (C=O) groups is 1. The molecule has 0 aromatic heterocycles. The van der Waals surface area contributed by atoms with Crippen molar-refractivity contribution in [2.45, 2.75) is 71.3 Å². The van der Waals surface area contributed by atoms with Gasteiger partial charge in [0.25, 0.3) is 0 Å². The van der Waals surface area contributed by atoms with Crippen molar-refractivity contribution in [3.8, 4) is 0 Å². The molecule has 4 aliphatic carbocycles. The lowest BCUT2D eigenvalue weighted by molar-refractivity contribution is -0.118. The van der Waals surface area contributed by atoms with Gasteiger partial charge in [-0.3, -0.25) is 4.79 Å². The van der Waals surface area contributed by atoms with Gasteiger partial charge in [-0.2, -0.15) is 0 Å². The van der Waals surface area contributed by atoms with E-state index in [-0.39, 0.29) is 16.9 Å². The zero-order valence-corrected chi connectivity index (χ0v) is 17.6. The average molecular weight is 372 g/mol. The van der Waals surface area contributed by atoms with Crippen molar-refractivity contribution in [2.75, 3.05) is 20.6 Å². The molecule has 6 atom stereocenters. The summed E-state index contributed by atoms with van der Waals surface area (Å²) < 4.78 is 0. The third-order valence-corrected chi connectivity index (χ3v) is 8.75. The van der Waals surface area contributed by atoms with Crippen LogP contribution in [0.3, 0.4) is 0 Å². The fourth-order valence-electron chi connectivity index (χ4n) is 7.10. The highest BCUT2D eigenvalue weighted by Crippen LogP contribution is 2.65. The van der Waals surface area contributed by atoms with E-state index in [1.54, 1.807) is 0 Å². The molecule has 0 amide bonds. The van der Waals surface area contributed by atoms with Gasteiger partial charge in [-0.05, 0) is 93.2 Å². The van der Waals surface area contributed by atoms with Crippen LogP contribution >= 0.6 is 0 Å². The fraction of sp³-hybridized carbons (Fsp3) is 0.792. The van der Waals surface area contributed by atoms with Crippen molar-refractivity contribution in [3.05, 3.63) is 23.3 Å². The molecule has 150 valence electrons. The molecule has 3 heteroatoms. The second kappa shape index (κ2) is 6.84. The van der Waals surface area contributed by atoms with Crippen molar-refractivity contribution in [3.63, 3.8) is 0 Å². The van der Waals surface area contributed by atoms with E-state index in [1.165, 1.54) is 12.0 Å². The smallest absolute Gasteiger partial charge is 0.160 e. The van der Waals surface area contributed by atoms with E-state index in [1.807, 2.05) is 14.1 Å². The largest absolute Gasteiger partial charge is 0.393 e. The Balaban J connectivity index is 1.55. The summed E-state index contributed by atoms with van der Waals surface area (Å²) in [5.41, 5.74) is 3.04. The van der Waals surface area contributed by atoms with E-state index in [2.05, 4.69) is 30.9 Å². The second-order valence-electron chi connectivity index (χ2n) is 10.4. The lowest BCUT2D eigenvalue weighted by Crippen LogP contribution is -2.50. The maximum atomic E-state index is 13.0. The zero-order chi connectivity index (χ0) is 19.4. The van der Waals surface area contributed by atoms with Crippen molar-refractivity contribution in [1.82, 2.24) is 4.90 Å². The summed E-state index contributed by atoms with van der Waals surface area (Å²) in [6.07, 6.45) is 12.9. The van der Waals surface area contributed by atoms with Gasteiger partial charge >= 0.3 is 0 Å². The van der Waals surface area contributed by atoms with Crippen LogP contribution in [0.25, 0.3) is 0 Å². The molecule has 0 unspecified atom stereocenters. The number of Topliss-reactive ketones (excluding diaryl/α,β-unsaturated/α-hetero) is 1. The minimum atomic E-state index is -0.135. The Labute approximate surface area is 164 Å². The summed E-state index contributed by atoms with van der Waals surface area (Å²) in [7, 11) is 4.08. The number of fused-ring (bicyclic) bond motifs is 5. The van der Waals surface area contributed by atoms with E-state index >= 15 is 0 Å². The first kappa shape index (κ1) is 19.4. The SMILES string of the molecule is CN(C)CCC(=O)C1=CC[C@H]2[C@@H]3CC=C4C[C@@H](O)CC[C@]4(C)[C@H]3CC[C@]12C. The van der Waals surface area contributed by atoms with Gasteiger partial charge in [-0.1, -0.05) is 31.6 Å². The number of hydrogen-bond donors (Lipinski definition) is 1. The molecule has 0 radical (unpaired) electrons. The van der Waals surface area contributed by atoms with Crippen molar-refractivity contribution < 1.29 is 9.90 Å². The molecule has 4 aliphatic rings. The van der Waals surface area contributed by atoms with Gasteiger partial charge < -0.3 is 10.0 Å². The number of nitrogens with zero attached hydrogens (tertiary/aromatic N) is 1. The lowest BCUT2D eigenvalue weighted by Gasteiger charge is -2.57. The molecular formula is C24H37NO2. The van der Waals surface area contributed by atoms with Crippen LogP contribution in [0.5, 0.6) is 0 Å². The molecule has 1 N–H and O–H groups in total. The van der Waals surface area contributed by atoms with Gasteiger partial charge in [0, 0.05) is 13.0 Å². The Morgan fingerprint density at radius 2 is 1.85 bits per heavy atom. The van der Waals surface area contributed by atoms with Crippen LogP contribution in [-0.4, -0.2) is 42.5 Å². The summed E-state index contributed by atoms with van der Waals surface area (Å²) in [4.78, 5) is 15.1. The number of hydrogen-bond acceptors (Lipinski definition) is 3. The highest BCUT2D eigenvalue weighted by atomic mass is 16.3. The van der Waals surface area contributed by atoms with E-state index in [4.69, 9.17) is 0 Å². The Bertz CT molecular complexity index is 678. The van der Waals surface area contributed by atoms with Crippen LogP contribution in [-0.2, 0) is 4.79 Å². The van der Waals surface area contributed by atoms with Crippen LogP contribution in [0, 0.1) is 28.6 Å². The summed E-state index contributed by atoms with van der Waals surface area (Å²) >= 11 is 0. The highest BCUT2D eigenvalue weighted by molar-refractivity contribution is 5.97. The normalized spacial score (nSPS) is 43.5. The van der Waals surface area contributed by atoms with Gasteiger partial charge in [-0.15, -0.1) is 0 Å². The molecule has 0 aromatic rings. The number of ketones is 1. The van der Waals surface area contributed by atoms with Gasteiger partial charge in [0.2, 0.25) is 0 Å². The van der Waals surface area contributed by atoms with Crippen LogP contribution in [0.1, 0.15) is 65.2 Å². The summed E-state index contributed by atoms with van der Waals surface area (Å²) in [6, 6.07) is 0. The molecule has 0 bridgehead atoms. The standard InChI is InChI=1S/C24H37NO2/c1-23-12-9-17(26)15-16(23)5-6-18-19-7-8-21(22(27)11-14-25(3)4)24(19,2)13-10-20(18)23/h5,8,17-20,26H,6-7,9-15H2,1-4H3/t17-,18-,19-,20-,23-,24-/m0/s1. The monoisotopic (exact) mass is 371 g/mol. The molecule has 2 fully saturated rings. The Morgan fingerprint density at radius 1 is 1.11 bits per heavy atom. The topological polar surface area (TPSA) is 40.5 Å². The van der Waals surface area contributed by atoms with Crippen LogP contribution in [0.4, 0.5) is 0 Å². The zero-order valence-electron chi connectivity index (χ0n) is 17.6. The predicted octanol–water partition coefficient (Wildman–Crippen LogP) is 4.37. The minimum Gasteiger partial charge on any atom is -0.393 e. The first-order chi connectivity index (χ1) is 12.8. The third-order valence-electron chi connectivity index (χ3n) is 8.75. The Morgan fingerprint density at radius 3 is 2.59 bits per heavy atom. The van der Waals surface area contributed by atoms with Gasteiger partial charge in [0.15, 0.2) is 5.78 Å². The molecule has 27 heavy (non-hydrogen) atoms. The Kier molecular flexibility index (Phi) is 4.91. The van der Waals surface area contributed by atoms with Gasteiger partial charge in [0.05, 0.1) is 6.10 Å². The number of carbonyl (C=O) groups excluding carboxylic acids is 1. The molecular weight excluding hydrogens is 334 g/mol. The number of aliphatic hydroxyl groups is 1. The molecule has 0 saturated heterocycles. The van der Waals surface area contributed by atoms with E-state index in [0.717, 1.165) is 56.6 Å². The van der Waals surface area contributed by atoms with Crippen molar-refractivity contribution in [2.24, 2.45) is 28.6 Å². The fourth-order valence-corrected chi connectivity index (χ4v) is 7.10. The maximum Gasteiger partial charge on any atom is 0.160 e. The first-order valence-corrected chi connectivity index (χ1v) is 11.0. The summed E-state index contributed by atoms with van der Waals surface area (Å²) in [5.74, 6) is 2.43. The summed E-state index contributed by atoms with van der Waals surface area (Å²) in [6.45, 7) is 5.69. The van der Waals surface area contributed by atoms with Crippen LogP contribution in [0.2, 0.25) is 0 Å². The van der Waals surface area contributed by atoms with Crippen molar-refractivity contribution in [1.29, 1.82) is 0 Å². The second-order valence-corrected chi connectivity index (χ2v) is 10.4. The average Bonchev–Trinajstić information content (AvgIpc) is 2.97. The molecule has 0 aromatic carbocycles. The molecule has 3 nitrogen and oxygen atoms in total. The molecule has 0 aliphatic heterocycles. The van der Waals surface area contributed by atoms with Crippen molar-refractivity contribution >= 4 is 5.78 Å². The molecule has 0 heterocycles. The Hall–Kier alpha value is -0.930. The highest BCUT2D eigenvalue weighted by Gasteiger charge is 2.57. The number of aliphatic hydroxyl groups excluding tert-OH is 1. The lowest BCUT2D eigenvalue weighted by atomic mass is 9.47. The maximum absolute atomic E-state index is 13.0. The third kappa shape index (κ3) is 3.06. The molecule has 4 rings (SSSR count). The number of allylic oxidation sites excluding steroid dienone is 3. The van der Waals surface area contributed by atoms with Crippen LogP contribution in [0.15, 0.2) is 23.3 Å². The molecule has 0 spiro atoms. The predicted molar refractivity (Wildman–Crippen MR) is 109 cm³/mol. The van der Waals surface area contributed by atoms with Gasteiger partial charge in [-0.25, -0.2) is 0 Å². The quantitative estimate of drug-likeness (QED) is 0.746. The van der Waals surface area contributed by atoms with Gasteiger partial charge in [0.1, 0.15) is 0 Å². The summed E-state index contributed by atoms with van der Waals surface area (Å²) in [5, 5.41) is 10.1. The van der Waals surface area contributed by atoms with Crippen LogP contribution < -0.4 is 0 Å². The number of rotatable bonds is 4. The van der Waals surface area contributed by atoms with E-state index in [0.29, 0.717) is 24.0 Å². The molecule has 2 saturated carbocycles. The van der Waals surface area contributed by atoms with E-state index in [9.17, 15) is 9.90 Å². The van der Waals surface area contributed by atoms with E-state index < -0.39 is 0 Å².